The van der Waals surface area contributed by atoms with Crippen molar-refractivity contribution in [3.8, 4) is 0 Å². The number of hydrogen-bond donors (Lipinski definition) is 2. The van der Waals surface area contributed by atoms with E-state index in [1.807, 2.05) is 49.4 Å². The summed E-state index contributed by atoms with van der Waals surface area (Å²) in [5.41, 5.74) is 2.80. The van der Waals surface area contributed by atoms with Gasteiger partial charge in [-0.15, -0.1) is 0 Å². The lowest BCUT2D eigenvalue weighted by molar-refractivity contribution is -0.124. The lowest BCUT2D eigenvalue weighted by Gasteiger charge is -2.40. The van der Waals surface area contributed by atoms with Gasteiger partial charge in [-0.3, -0.25) is 4.79 Å². The largest absolute Gasteiger partial charge is 0.453 e. The zero-order valence-electron chi connectivity index (χ0n) is 32.2. The van der Waals surface area contributed by atoms with Gasteiger partial charge in [0, 0.05) is 50.5 Å². The summed E-state index contributed by atoms with van der Waals surface area (Å²) in [5.74, 6) is -6.09. The Hall–Kier alpha value is -5.41. The summed E-state index contributed by atoms with van der Waals surface area (Å²) in [7, 11) is -2.92. The van der Waals surface area contributed by atoms with Gasteiger partial charge in [0.15, 0.2) is 0 Å². The van der Waals surface area contributed by atoms with Crippen LogP contribution in [0.2, 0.25) is 0 Å². The third-order valence-corrected chi connectivity index (χ3v) is 12.8. The van der Waals surface area contributed by atoms with Gasteiger partial charge >= 0.3 is 12.2 Å². The summed E-state index contributed by atoms with van der Waals surface area (Å²) in [6.45, 7) is 1.87. The maximum Gasteiger partial charge on any atom is 0.410 e. The van der Waals surface area contributed by atoms with Crippen LogP contribution >= 0.6 is 0 Å². The highest BCUT2D eigenvalue weighted by atomic mass is 32.2. The molecule has 0 radical (unpaired) electrons. The first kappa shape index (κ1) is 42.2. The Bertz CT molecular complexity index is 2080. The second-order valence-corrected chi connectivity index (χ2v) is 16.7. The van der Waals surface area contributed by atoms with Crippen LogP contribution in [0.1, 0.15) is 53.9 Å². The Labute approximate surface area is 336 Å². The molecule has 1 aliphatic heterocycles. The number of piperazine rings is 1. The number of ether oxygens (including phenoxy) is 2. The van der Waals surface area contributed by atoms with E-state index in [9.17, 15) is 27.2 Å². The minimum Gasteiger partial charge on any atom is -0.453 e. The predicted octanol–water partition coefficient (Wildman–Crippen LogP) is 7.01. The molecule has 0 aromatic heterocycles. The molecule has 2 fully saturated rings. The number of amides is 3. The monoisotopic (exact) mass is 820 g/mol. The Morgan fingerprint density at radius 2 is 1.47 bits per heavy atom. The molecular weight excluding hydrogens is 774 g/mol. The Morgan fingerprint density at radius 1 is 0.845 bits per heavy atom. The molecule has 1 heterocycles. The average Bonchev–Trinajstić information content (AvgIpc) is 3.52. The number of alkyl halides is 2. The van der Waals surface area contributed by atoms with Crippen LogP contribution in [0.25, 0.3) is 0 Å². The van der Waals surface area contributed by atoms with Crippen molar-refractivity contribution in [1.82, 2.24) is 19.8 Å². The molecule has 1 saturated heterocycles. The van der Waals surface area contributed by atoms with Crippen molar-refractivity contribution in [2.24, 2.45) is 5.92 Å². The minimum absolute atomic E-state index is 0.0170. The van der Waals surface area contributed by atoms with Crippen molar-refractivity contribution in [2.45, 2.75) is 74.1 Å². The fraction of sp³-hybridized carbons (Fsp3) is 0.372. The molecule has 4 aromatic rings. The van der Waals surface area contributed by atoms with E-state index >= 15 is 8.78 Å². The second-order valence-electron chi connectivity index (χ2n) is 14.8. The van der Waals surface area contributed by atoms with E-state index in [2.05, 4.69) is 10.6 Å². The van der Waals surface area contributed by atoms with Gasteiger partial charge in [0.2, 0.25) is 15.9 Å². The number of methoxy groups -OCH3 is 1. The summed E-state index contributed by atoms with van der Waals surface area (Å²) < 4.78 is 84.3. The molecule has 15 heteroatoms. The van der Waals surface area contributed by atoms with E-state index in [4.69, 9.17) is 9.47 Å². The topological polar surface area (TPSA) is 134 Å². The summed E-state index contributed by atoms with van der Waals surface area (Å²) in [5, 5.41) is 5.37. The highest BCUT2D eigenvalue weighted by Gasteiger charge is 2.48. The van der Waals surface area contributed by atoms with Crippen molar-refractivity contribution in [3.05, 3.63) is 137 Å². The van der Waals surface area contributed by atoms with Gasteiger partial charge in [-0.05, 0) is 66.6 Å². The maximum absolute atomic E-state index is 15.3. The van der Waals surface area contributed by atoms with E-state index in [-0.39, 0.29) is 44.0 Å². The number of benzene rings is 4. The molecule has 2 aliphatic rings. The Kier molecular flexibility index (Phi) is 13.4. The van der Waals surface area contributed by atoms with Crippen LogP contribution in [-0.2, 0) is 30.9 Å². The van der Waals surface area contributed by atoms with Gasteiger partial charge in [0.25, 0.3) is 5.92 Å². The highest BCUT2D eigenvalue weighted by molar-refractivity contribution is 7.89. The molecular formula is C43H47F3N4O7S. The normalized spacial score (nSPS) is 20.4. The fourth-order valence-corrected chi connectivity index (χ4v) is 9.51. The molecule has 0 spiro atoms. The van der Waals surface area contributed by atoms with Crippen molar-refractivity contribution < 1.29 is 45.4 Å². The fourth-order valence-electron chi connectivity index (χ4n) is 7.85. The van der Waals surface area contributed by atoms with Crippen LogP contribution < -0.4 is 10.6 Å². The number of carbonyl (C=O) groups is 3. The van der Waals surface area contributed by atoms with E-state index in [1.165, 1.54) is 45.6 Å². The zero-order valence-corrected chi connectivity index (χ0v) is 33.0. The molecule has 58 heavy (non-hydrogen) atoms. The number of nitrogens with one attached hydrogen (secondary N) is 2. The van der Waals surface area contributed by atoms with Gasteiger partial charge < -0.3 is 25.0 Å². The van der Waals surface area contributed by atoms with E-state index in [0.717, 1.165) is 18.2 Å². The molecule has 6 rings (SSSR count). The molecule has 3 amide bonds. The molecule has 3 unspecified atom stereocenters. The molecule has 1 aliphatic carbocycles. The van der Waals surface area contributed by atoms with Gasteiger partial charge in [0.1, 0.15) is 18.5 Å². The molecule has 5 atom stereocenters. The second kappa shape index (κ2) is 18.5. The number of rotatable bonds is 13. The van der Waals surface area contributed by atoms with Gasteiger partial charge in [0.05, 0.1) is 12.0 Å². The first-order valence-corrected chi connectivity index (χ1v) is 20.6. The number of carbonyl (C=O) groups excluding carboxylic acids is 3. The van der Waals surface area contributed by atoms with E-state index in [1.54, 1.807) is 30.3 Å². The number of sulfonamides is 1. The van der Waals surface area contributed by atoms with Crippen LogP contribution in [0.5, 0.6) is 0 Å². The zero-order chi connectivity index (χ0) is 41.5. The van der Waals surface area contributed by atoms with Gasteiger partial charge in [-0.2, -0.15) is 4.31 Å². The van der Waals surface area contributed by atoms with Gasteiger partial charge in [-0.1, -0.05) is 90.5 Å². The van der Waals surface area contributed by atoms with Crippen LogP contribution in [0, 0.1) is 18.7 Å². The highest BCUT2D eigenvalue weighted by Crippen LogP contribution is 2.42. The van der Waals surface area contributed by atoms with Crippen molar-refractivity contribution in [2.75, 3.05) is 26.7 Å². The molecule has 0 bridgehead atoms. The molecule has 2 N–H and O–H groups in total. The summed E-state index contributed by atoms with van der Waals surface area (Å²) >= 11 is 0. The van der Waals surface area contributed by atoms with E-state index in [0.29, 0.717) is 11.1 Å². The third-order valence-electron chi connectivity index (χ3n) is 10.8. The smallest absolute Gasteiger partial charge is 0.410 e. The SMILES string of the molecule is COC(=O)N[C@H](C(=O)NC1CC(F)(F)CC1CC[C@H]1CN(C(=O)OCc2ccccc2)CCN1S(=O)(=O)c1ccccc1)C(c1ccc(C)cc1)c1ccc(F)cc1. The van der Waals surface area contributed by atoms with E-state index < -0.39 is 82.7 Å². The van der Waals surface area contributed by atoms with Crippen molar-refractivity contribution in [1.29, 1.82) is 0 Å². The summed E-state index contributed by atoms with van der Waals surface area (Å²) in [6.07, 6.45) is -2.66. The summed E-state index contributed by atoms with van der Waals surface area (Å²) in [4.78, 5) is 41.8. The van der Waals surface area contributed by atoms with Crippen LogP contribution in [0.3, 0.4) is 0 Å². The Morgan fingerprint density at radius 3 is 2.10 bits per heavy atom. The Balaban J connectivity index is 1.24. The summed E-state index contributed by atoms with van der Waals surface area (Å²) in [6, 6.07) is 26.4. The van der Waals surface area contributed by atoms with Crippen molar-refractivity contribution in [3.63, 3.8) is 0 Å². The number of nitrogens with zero attached hydrogens (tertiary/aromatic N) is 2. The van der Waals surface area contributed by atoms with Crippen LogP contribution in [0.4, 0.5) is 22.8 Å². The molecule has 4 aromatic carbocycles. The van der Waals surface area contributed by atoms with Crippen LogP contribution in [-0.4, -0.2) is 86.5 Å². The number of alkyl carbamates (subject to hydrolysis) is 1. The molecule has 11 nitrogen and oxygen atoms in total. The standard InChI is InChI=1S/C43H47F3N4O7S/c1-29-13-15-31(16-14-29)38(32-17-20-34(44)21-18-32)39(48-41(52)56-2)40(51)47-37-26-43(45,46)25-33(37)19-22-35-27-49(42(53)57-28-30-9-5-3-6-10-30)23-24-50(35)58(54,55)36-11-7-4-8-12-36/h3-18,20-21,33,35,37-39H,19,22-28H2,1-2H3,(H,47,51)(H,48,52)/t33?,35-,37?,38?,39-/m0/s1. The quantitative estimate of drug-likeness (QED) is 0.148. The number of hydrogen-bond acceptors (Lipinski definition) is 7. The molecule has 1 saturated carbocycles. The average molecular weight is 821 g/mol. The number of halogens is 3. The lowest BCUT2D eigenvalue weighted by atomic mass is 9.84. The lowest BCUT2D eigenvalue weighted by Crippen LogP contribution is -2.56. The third kappa shape index (κ3) is 10.4. The first-order chi connectivity index (χ1) is 27.7. The first-order valence-electron chi connectivity index (χ1n) is 19.1. The van der Waals surface area contributed by atoms with Crippen molar-refractivity contribution >= 4 is 28.1 Å². The predicted molar refractivity (Wildman–Crippen MR) is 210 cm³/mol. The van der Waals surface area contributed by atoms with Gasteiger partial charge in [-0.25, -0.2) is 31.2 Å². The minimum atomic E-state index is -4.05. The maximum atomic E-state index is 15.3. The molecule has 308 valence electrons. The van der Waals surface area contributed by atoms with Crippen LogP contribution in [0.15, 0.2) is 114 Å². The number of aryl methyl sites for hydroxylation is 1.